The number of nitrogens with zero attached hydrogens (tertiary/aromatic N) is 1. The molecule has 0 spiro atoms. The fraction of sp³-hybridized carbons (Fsp3) is 0.556. The molecule has 0 aliphatic carbocycles. The highest BCUT2D eigenvalue weighted by Gasteiger charge is 2.23. The molecule has 1 saturated heterocycles. The van der Waals surface area contributed by atoms with Gasteiger partial charge in [-0.05, 0) is 43.5 Å². The largest absolute Gasteiger partial charge is 0.356 e. The van der Waals surface area contributed by atoms with E-state index in [1.165, 1.54) is 11.1 Å². The minimum Gasteiger partial charge on any atom is -0.356 e. The Kier molecular flexibility index (Phi) is 7.06. The first-order chi connectivity index (χ1) is 11.2. The predicted molar refractivity (Wildman–Crippen MR) is 95.8 cm³/mol. The van der Waals surface area contributed by atoms with Crippen LogP contribution >= 0.6 is 12.4 Å². The van der Waals surface area contributed by atoms with Crippen LogP contribution in [0.2, 0.25) is 0 Å². The SMILES string of the molecule is Cl.O=C(NCCCC(=O)N1Cc2ccccc2C1)C1CCNCC1. The Hall–Kier alpha value is -1.59. The number of rotatable bonds is 5. The van der Waals surface area contributed by atoms with E-state index < -0.39 is 0 Å². The number of carbonyl (C=O) groups is 2. The highest BCUT2D eigenvalue weighted by molar-refractivity contribution is 5.85. The van der Waals surface area contributed by atoms with E-state index in [4.69, 9.17) is 0 Å². The fourth-order valence-corrected chi connectivity index (χ4v) is 3.35. The number of fused-ring (bicyclic) bond motifs is 1. The summed E-state index contributed by atoms with van der Waals surface area (Å²) in [7, 11) is 0. The van der Waals surface area contributed by atoms with E-state index >= 15 is 0 Å². The summed E-state index contributed by atoms with van der Waals surface area (Å²) in [6.07, 6.45) is 3.04. The van der Waals surface area contributed by atoms with Crippen LogP contribution < -0.4 is 10.6 Å². The topological polar surface area (TPSA) is 61.4 Å². The summed E-state index contributed by atoms with van der Waals surface area (Å²) in [6.45, 7) is 3.88. The molecule has 2 N–H and O–H groups in total. The average molecular weight is 352 g/mol. The maximum Gasteiger partial charge on any atom is 0.223 e. The molecule has 0 unspecified atom stereocenters. The molecule has 132 valence electrons. The van der Waals surface area contributed by atoms with Gasteiger partial charge in [-0.15, -0.1) is 12.4 Å². The summed E-state index contributed by atoms with van der Waals surface area (Å²) in [5, 5.41) is 6.24. The fourth-order valence-electron chi connectivity index (χ4n) is 3.35. The highest BCUT2D eigenvalue weighted by Crippen LogP contribution is 2.22. The van der Waals surface area contributed by atoms with Crippen molar-refractivity contribution < 1.29 is 9.59 Å². The number of hydrogen-bond acceptors (Lipinski definition) is 3. The lowest BCUT2D eigenvalue weighted by molar-refractivity contribution is -0.132. The molecule has 0 aromatic heterocycles. The molecule has 3 rings (SSSR count). The number of hydrogen-bond donors (Lipinski definition) is 2. The molecule has 5 nitrogen and oxygen atoms in total. The van der Waals surface area contributed by atoms with E-state index in [0.717, 1.165) is 39.0 Å². The summed E-state index contributed by atoms with van der Waals surface area (Å²) < 4.78 is 0. The van der Waals surface area contributed by atoms with Gasteiger partial charge in [0.2, 0.25) is 11.8 Å². The average Bonchev–Trinajstić information content (AvgIpc) is 3.03. The molecule has 2 heterocycles. The zero-order valence-electron chi connectivity index (χ0n) is 13.9. The third kappa shape index (κ3) is 4.71. The summed E-state index contributed by atoms with van der Waals surface area (Å²) in [5.41, 5.74) is 2.50. The molecule has 6 heteroatoms. The van der Waals surface area contributed by atoms with E-state index in [-0.39, 0.29) is 30.1 Å². The van der Waals surface area contributed by atoms with E-state index in [0.29, 0.717) is 19.4 Å². The Morgan fingerprint density at radius 3 is 2.38 bits per heavy atom. The zero-order chi connectivity index (χ0) is 16.1. The van der Waals surface area contributed by atoms with Gasteiger partial charge in [-0.25, -0.2) is 0 Å². The summed E-state index contributed by atoms with van der Waals surface area (Å²) in [6, 6.07) is 8.20. The highest BCUT2D eigenvalue weighted by atomic mass is 35.5. The summed E-state index contributed by atoms with van der Waals surface area (Å²) in [4.78, 5) is 26.2. The minimum absolute atomic E-state index is 0. The Balaban J connectivity index is 0.00000208. The van der Waals surface area contributed by atoms with E-state index in [1.54, 1.807) is 0 Å². The van der Waals surface area contributed by atoms with Gasteiger partial charge in [0.05, 0.1) is 0 Å². The van der Waals surface area contributed by atoms with Crippen molar-refractivity contribution in [2.45, 2.75) is 38.8 Å². The van der Waals surface area contributed by atoms with Gasteiger partial charge in [0.1, 0.15) is 0 Å². The summed E-state index contributed by atoms with van der Waals surface area (Å²) >= 11 is 0. The maximum absolute atomic E-state index is 12.3. The number of halogens is 1. The molecule has 0 saturated carbocycles. The van der Waals surface area contributed by atoms with Crippen LogP contribution in [-0.4, -0.2) is 36.3 Å². The Bertz CT molecular complexity index is 548. The van der Waals surface area contributed by atoms with E-state index in [9.17, 15) is 9.59 Å². The number of piperidine rings is 1. The Morgan fingerprint density at radius 1 is 1.12 bits per heavy atom. The molecule has 0 bridgehead atoms. The van der Waals surface area contributed by atoms with Gasteiger partial charge < -0.3 is 15.5 Å². The second-order valence-electron chi connectivity index (χ2n) is 6.44. The standard InChI is InChI=1S/C18H25N3O2.ClH/c22-17(21-12-15-4-1-2-5-16(15)13-21)6-3-9-20-18(23)14-7-10-19-11-8-14;/h1-2,4-5,14,19H,3,6-13H2,(H,20,23);1H. The maximum atomic E-state index is 12.3. The van der Waals surface area contributed by atoms with Crippen LogP contribution in [0.3, 0.4) is 0 Å². The van der Waals surface area contributed by atoms with Crippen molar-refractivity contribution in [1.29, 1.82) is 0 Å². The van der Waals surface area contributed by atoms with Gasteiger partial charge >= 0.3 is 0 Å². The second-order valence-corrected chi connectivity index (χ2v) is 6.44. The lowest BCUT2D eigenvalue weighted by Gasteiger charge is -2.21. The van der Waals surface area contributed by atoms with Crippen LogP contribution in [0.1, 0.15) is 36.8 Å². The molecule has 1 aromatic rings. The normalized spacial score (nSPS) is 17.1. The smallest absolute Gasteiger partial charge is 0.223 e. The lowest BCUT2D eigenvalue weighted by atomic mass is 9.97. The number of nitrogens with one attached hydrogen (secondary N) is 2. The van der Waals surface area contributed by atoms with Crippen LogP contribution in [0.25, 0.3) is 0 Å². The molecule has 0 radical (unpaired) electrons. The first-order valence-electron chi connectivity index (χ1n) is 8.57. The molecule has 1 aromatic carbocycles. The van der Waals surface area contributed by atoms with Crippen LogP contribution in [-0.2, 0) is 22.7 Å². The van der Waals surface area contributed by atoms with Crippen molar-refractivity contribution in [3.8, 4) is 0 Å². The van der Waals surface area contributed by atoms with Gasteiger partial charge in [0.25, 0.3) is 0 Å². The van der Waals surface area contributed by atoms with Crippen molar-refractivity contribution >= 4 is 24.2 Å². The molecule has 0 atom stereocenters. The molecular weight excluding hydrogens is 326 g/mol. The van der Waals surface area contributed by atoms with Crippen molar-refractivity contribution in [2.75, 3.05) is 19.6 Å². The first-order valence-corrected chi connectivity index (χ1v) is 8.57. The third-order valence-electron chi connectivity index (χ3n) is 4.77. The van der Waals surface area contributed by atoms with Crippen LogP contribution in [0, 0.1) is 5.92 Å². The van der Waals surface area contributed by atoms with Gasteiger partial charge in [-0.1, -0.05) is 24.3 Å². The van der Waals surface area contributed by atoms with Gasteiger partial charge in [-0.3, -0.25) is 9.59 Å². The van der Waals surface area contributed by atoms with Crippen molar-refractivity contribution in [3.05, 3.63) is 35.4 Å². The number of amides is 2. The summed E-state index contributed by atoms with van der Waals surface area (Å²) in [5.74, 6) is 0.463. The molecule has 2 amide bonds. The lowest BCUT2D eigenvalue weighted by Crippen LogP contribution is -2.38. The van der Waals surface area contributed by atoms with E-state index in [1.807, 2.05) is 17.0 Å². The van der Waals surface area contributed by atoms with Crippen molar-refractivity contribution in [3.63, 3.8) is 0 Å². The Morgan fingerprint density at radius 2 is 1.75 bits per heavy atom. The molecule has 2 aliphatic heterocycles. The van der Waals surface area contributed by atoms with Crippen molar-refractivity contribution in [2.24, 2.45) is 5.92 Å². The predicted octanol–water partition coefficient (Wildman–Crippen LogP) is 1.85. The third-order valence-corrected chi connectivity index (χ3v) is 4.77. The van der Waals surface area contributed by atoms with Crippen molar-refractivity contribution in [1.82, 2.24) is 15.5 Å². The Labute approximate surface area is 149 Å². The minimum atomic E-state index is 0. The van der Waals surface area contributed by atoms with Gasteiger partial charge in [-0.2, -0.15) is 0 Å². The van der Waals surface area contributed by atoms with Crippen LogP contribution in [0.4, 0.5) is 0 Å². The first kappa shape index (κ1) is 18.7. The van der Waals surface area contributed by atoms with Gasteiger partial charge in [0, 0.05) is 32.0 Å². The molecule has 1 fully saturated rings. The van der Waals surface area contributed by atoms with Crippen LogP contribution in [0.15, 0.2) is 24.3 Å². The molecule has 2 aliphatic rings. The quantitative estimate of drug-likeness (QED) is 0.796. The molecular formula is C18H26ClN3O2. The number of carbonyl (C=O) groups excluding carboxylic acids is 2. The van der Waals surface area contributed by atoms with Crippen LogP contribution in [0.5, 0.6) is 0 Å². The van der Waals surface area contributed by atoms with E-state index in [2.05, 4.69) is 22.8 Å². The monoisotopic (exact) mass is 351 g/mol. The second kappa shape index (κ2) is 9.04. The zero-order valence-corrected chi connectivity index (χ0v) is 14.7. The van der Waals surface area contributed by atoms with Gasteiger partial charge in [0.15, 0.2) is 0 Å². The molecule has 24 heavy (non-hydrogen) atoms. The number of benzene rings is 1.